The van der Waals surface area contributed by atoms with Gasteiger partial charge in [0.15, 0.2) is 0 Å². The van der Waals surface area contributed by atoms with Crippen LogP contribution in [0.5, 0.6) is 0 Å². The lowest BCUT2D eigenvalue weighted by atomic mass is 9.76. The zero-order chi connectivity index (χ0) is 19.7. The Hall–Kier alpha value is -1.83. The minimum atomic E-state index is -4.46. The smallest absolute Gasteiger partial charge is 0.355 e. The summed E-state index contributed by atoms with van der Waals surface area (Å²) < 4.78 is 39.9. The summed E-state index contributed by atoms with van der Waals surface area (Å²) >= 11 is 0. The van der Waals surface area contributed by atoms with Gasteiger partial charge in [-0.15, -0.1) is 0 Å². The first-order chi connectivity index (χ1) is 12.7. The summed E-state index contributed by atoms with van der Waals surface area (Å²) in [5, 5.41) is 3.20. The Labute approximate surface area is 157 Å². The first kappa shape index (κ1) is 19.9. The van der Waals surface area contributed by atoms with E-state index in [1.165, 1.54) is 12.3 Å². The highest BCUT2D eigenvalue weighted by atomic mass is 19.4. The predicted molar refractivity (Wildman–Crippen MR) is 97.5 cm³/mol. The van der Waals surface area contributed by atoms with Crippen LogP contribution in [-0.4, -0.2) is 55.1 Å². The number of pyridine rings is 1. The maximum atomic E-state index is 13.3. The summed E-state index contributed by atoms with van der Waals surface area (Å²) in [4.78, 5) is 20.5. The minimum Gasteiger partial charge on any atom is -0.355 e. The number of amides is 1. The van der Waals surface area contributed by atoms with Crippen LogP contribution in [-0.2, 0) is 11.0 Å². The molecule has 0 bridgehead atoms. The number of likely N-dealkylation sites (N-methyl/N-ethyl adjacent to an activating group) is 1. The van der Waals surface area contributed by atoms with Gasteiger partial charge < -0.3 is 15.1 Å². The Morgan fingerprint density at radius 3 is 2.70 bits per heavy atom. The molecule has 1 saturated heterocycles. The van der Waals surface area contributed by atoms with Crippen molar-refractivity contribution in [2.75, 3.05) is 38.6 Å². The van der Waals surface area contributed by atoms with E-state index in [1.54, 1.807) is 4.90 Å². The molecule has 150 valence electrons. The largest absolute Gasteiger partial charge is 0.419 e. The molecule has 0 spiro atoms. The number of piperidine rings is 1. The first-order valence-corrected chi connectivity index (χ1v) is 9.44. The van der Waals surface area contributed by atoms with Crippen LogP contribution in [0, 0.1) is 5.92 Å². The number of nitrogens with one attached hydrogen (secondary N) is 1. The number of hydrogen-bond acceptors (Lipinski definition) is 4. The number of carbonyl (C=O) groups is 1. The van der Waals surface area contributed by atoms with E-state index in [-0.39, 0.29) is 29.7 Å². The van der Waals surface area contributed by atoms with Crippen molar-refractivity contribution in [2.45, 2.75) is 43.8 Å². The lowest BCUT2D eigenvalue weighted by Crippen LogP contribution is -2.61. The maximum absolute atomic E-state index is 13.3. The van der Waals surface area contributed by atoms with Gasteiger partial charge in [0.25, 0.3) is 0 Å². The standard InChI is InChI=1S/C19H27F3N4O/c1-25(2)13-18(8-5-9-18)24-17(27)14-6-4-11-26(12-14)16-15(19(20,21)22)7-3-10-23-16/h3,7,10,14H,4-6,8-9,11-13H2,1-2H3,(H,24,27)/t14-/m0/s1. The molecule has 1 aromatic heterocycles. The molecule has 27 heavy (non-hydrogen) atoms. The average molecular weight is 384 g/mol. The molecule has 1 aromatic rings. The highest BCUT2D eigenvalue weighted by molar-refractivity contribution is 5.80. The number of aromatic nitrogens is 1. The van der Waals surface area contributed by atoms with Gasteiger partial charge in [0.05, 0.1) is 17.0 Å². The van der Waals surface area contributed by atoms with Gasteiger partial charge in [-0.3, -0.25) is 4.79 Å². The van der Waals surface area contributed by atoms with Gasteiger partial charge in [-0.25, -0.2) is 4.98 Å². The van der Waals surface area contributed by atoms with Gasteiger partial charge in [0.1, 0.15) is 5.82 Å². The van der Waals surface area contributed by atoms with E-state index < -0.39 is 11.7 Å². The van der Waals surface area contributed by atoms with Gasteiger partial charge >= 0.3 is 6.18 Å². The molecule has 1 aliphatic carbocycles. The van der Waals surface area contributed by atoms with Gasteiger partial charge in [-0.2, -0.15) is 13.2 Å². The van der Waals surface area contributed by atoms with E-state index in [1.807, 2.05) is 14.1 Å². The molecule has 0 radical (unpaired) electrons. The topological polar surface area (TPSA) is 48.5 Å². The fourth-order valence-corrected chi connectivity index (χ4v) is 4.15. The third-order valence-corrected chi connectivity index (χ3v) is 5.50. The Morgan fingerprint density at radius 2 is 2.11 bits per heavy atom. The van der Waals surface area contributed by atoms with E-state index in [0.29, 0.717) is 19.4 Å². The van der Waals surface area contributed by atoms with Crippen molar-refractivity contribution in [1.82, 2.24) is 15.2 Å². The molecule has 5 nitrogen and oxygen atoms in total. The van der Waals surface area contributed by atoms with E-state index in [9.17, 15) is 18.0 Å². The molecular weight excluding hydrogens is 357 g/mol. The molecule has 1 amide bonds. The van der Waals surface area contributed by atoms with Crippen LogP contribution in [0.4, 0.5) is 19.0 Å². The number of carbonyl (C=O) groups excluding carboxylic acids is 1. The van der Waals surface area contributed by atoms with Crippen molar-refractivity contribution < 1.29 is 18.0 Å². The molecule has 0 aromatic carbocycles. The summed E-state index contributed by atoms with van der Waals surface area (Å²) in [5.41, 5.74) is -0.931. The molecular formula is C19H27F3N4O. The molecule has 1 aliphatic heterocycles. The van der Waals surface area contributed by atoms with Crippen molar-refractivity contribution in [2.24, 2.45) is 5.92 Å². The second-order valence-corrected chi connectivity index (χ2v) is 8.02. The summed E-state index contributed by atoms with van der Waals surface area (Å²) in [7, 11) is 3.96. The third kappa shape index (κ3) is 4.54. The summed E-state index contributed by atoms with van der Waals surface area (Å²) in [5.74, 6) is -0.443. The first-order valence-electron chi connectivity index (χ1n) is 9.44. The van der Waals surface area contributed by atoms with Crippen LogP contribution in [0.15, 0.2) is 18.3 Å². The number of anilines is 1. The predicted octanol–water partition coefficient (Wildman–Crippen LogP) is 2.92. The number of hydrogen-bond donors (Lipinski definition) is 1. The van der Waals surface area contributed by atoms with E-state index in [2.05, 4.69) is 15.2 Å². The van der Waals surface area contributed by atoms with Crippen molar-refractivity contribution in [1.29, 1.82) is 0 Å². The summed E-state index contributed by atoms with van der Waals surface area (Å²) in [6.45, 7) is 1.53. The van der Waals surface area contributed by atoms with Gasteiger partial charge in [-0.1, -0.05) is 0 Å². The second kappa shape index (κ2) is 7.66. The molecule has 1 saturated carbocycles. The molecule has 1 atom stereocenters. The maximum Gasteiger partial charge on any atom is 0.419 e. The van der Waals surface area contributed by atoms with Crippen LogP contribution >= 0.6 is 0 Å². The quantitative estimate of drug-likeness (QED) is 0.848. The van der Waals surface area contributed by atoms with Gasteiger partial charge in [-0.05, 0) is 58.3 Å². The molecule has 3 rings (SSSR count). The minimum absolute atomic E-state index is 0.0502. The van der Waals surface area contributed by atoms with Crippen LogP contribution in [0.25, 0.3) is 0 Å². The lowest BCUT2D eigenvalue weighted by Gasteiger charge is -2.45. The molecule has 0 unspecified atom stereocenters. The number of halogens is 3. The van der Waals surface area contributed by atoms with Crippen molar-refractivity contribution in [3.05, 3.63) is 23.9 Å². The molecule has 8 heteroatoms. The lowest BCUT2D eigenvalue weighted by molar-refractivity contribution is -0.137. The van der Waals surface area contributed by atoms with Crippen molar-refractivity contribution >= 4 is 11.7 Å². The van der Waals surface area contributed by atoms with E-state index >= 15 is 0 Å². The van der Waals surface area contributed by atoms with Crippen LogP contribution in [0.1, 0.15) is 37.7 Å². The zero-order valence-corrected chi connectivity index (χ0v) is 15.9. The summed E-state index contributed by atoms with van der Waals surface area (Å²) in [6, 6.07) is 2.34. The normalized spacial score (nSPS) is 22.4. The Bertz CT molecular complexity index is 673. The van der Waals surface area contributed by atoms with Crippen LogP contribution in [0.2, 0.25) is 0 Å². The number of nitrogens with zero attached hydrogens (tertiary/aromatic N) is 3. The van der Waals surface area contributed by atoms with E-state index in [4.69, 9.17) is 0 Å². The average Bonchev–Trinajstić information content (AvgIpc) is 2.58. The molecule has 2 aliphatic rings. The van der Waals surface area contributed by atoms with Crippen LogP contribution in [0.3, 0.4) is 0 Å². The number of rotatable bonds is 5. The highest BCUT2D eigenvalue weighted by Gasteiger charge is 2.41. The van der Waals surface area contributed by atoms with Gasteiger partial charge in [0.2, 0.25) is 5.91 Å². The third-order valence-electron chi connectivity index (χ3n) is 5.50. The Kier molecular flexibility index (Phi) is 5.65. The van der Waals surface area contributed by atoms with Gasteiger partial charge in [0, 0.05) is 25.8 Å². The SMILES string of the molecule is CN(C)CC1(NC(=O)[C@H]2CCCN(c3ncccc3C(F)(F)F)C2)CCC1. The Morgan fingerprint density at radius 1 is 1.37 bits per heavy atom. The zero-order valence-electron chi connectivity index (χ0n) is 15.9. The van der Waals surface area contributed by atoms with Crippen molar-refractivity contribution in [3.8, 4) is 0 Å². The fourth-order valence-electron chi connectivity index (χ4n) is 4.15. The van der Waals surface area contributed by atoms with Crippen LogP contribution < -0.4 is 10.2 Å². The molecule has 2 heterocycles. The second-order valence-electron chi connectivity index (χ2n) is 8.02. The molecule has 1 N–H and O–H groups in total. The highest BCUT2D eigenvalue weighted by Crippen LogP contribution is 2.37. The number of alkyl halides is 3. The monoisotopic (exact) mass is 384 g/mol. The Balaban J connectivity index is 1.71. The van der Waals surface area contributed by atoms with E-state index in [0.717, 1.165) is 31.9 Å². The summed E-state index contributed by atoms with van der Waals surface area (Å²) in [6.07, 6.45) is 1.27. The molecule has 2 fully saturated rings. The fraction of sp³-hybridized carbons (Fsp3) is 0.684. The van der Waals surface area contributed by atoms with Crippen molar-refractivity contribution in [3.63, 3.8) is 0 Å².